The topological polar surface area (TPSA) is 34.0 Å². The van der Waals surface area contributed by atoms with Gasteiger partial charge in [0.15, 0.2) is 5.78 Å². The van der Waals surface area contributed by atoms with E-state index in [0.717, 1.165) is 43.6 Å². The van der Waals surface area contributed by atoms with E-state index >= 15 is 0 Å². The van der Waals surface area contributed by atoms with Crippen LogP contribution < -0.4 is 5.32 Å². The number of allylic oxidation sites excluding steroid dienone is 1. The van der Waals surface area contributed by atoms with Gasteiger partial charge in [-0.25, -0.2) is 0 Å². The van der Waals surface area contributed by atoms with E-state index in [-0.39, 0.29) is 5.78 Å². The molecule has 0 aromatic carbocycles. The number of hydrogen-bond acceptors (Lipinski definition) is 2. The molecule has 1 aromatic heterocycles. The number of ketones is 1. The Kier molecular flexibility index (Phi) is 4.37. The first-order valence-electron chi connectivity index (χ1n) is 6.79. The number of nitrogens with one attached hydrogen (secondary N) is 1. The molecule has 1 fully saturated rings. The molecule has 2 heterocycles. The predicted octanol–water partition coefficient (Wildman–Crippen LogP) is 2.95. The van der Waals surface area contributed by atoms with Gasteiger partial charge in [0.05, 0.1) is 5.69 Å². The highest BCUT2D eigenvalue weighted by molar-refractivity contribution is 5.96. The second-order valence-corrected chi connectivity index (χ2v) is 4.99. The highest BCUT2D eigenvalue weighted by Gasteiger charge is 2.19. The van der Waals surface area contributed by atoms with E-state index in [0.29, 0.717) is 12.5 Å². The van der Waals surface area contributed by atoms with Crippen LogP contribution in [0.5, 0.6) is 0 Å². The van der Waals surface area contributed by atoms with Gasteiger partial charge >= 0.3 is 0 Å². The van der Waals surface area contributed by atoms with Gasteiger partial charge < -0.3 is 9.88 Å². The number of carbonyl (C=O) groups excluding carboxylic acids is 1. The SMILES string of the molecule is C=C(CC)CC(=O)c1cccn1C1CCNCC1. The maximum Gasteiger partial charge on any atom is 0.183 e. The number of Topliss-reactive ketones (excluding diaryl/α,β-unsaturated/α-hetero) is 1. The van der Waals surface area contributed by atoms with Crippen molar-refractivity contribution in [3.05, 3.63) is 36.2 Å². The molecule has 3 heteroatoms. The third kappa shape index (κ3) is 2.91. The van der Waals surface area contributed by atoms with Gasteiger partial charge in [-0.2, -0.15) is 0 Å². The Labute approximate surface area is 109 Å². The monoisotopic (exact) mass is 246 g/mol. The van der Waals surface area contributed by atoms with Crippen LogP contribution in [-0.4, -0.2) is 23.4 Å². The summed E-state index contributed by atoms with van der Waals surface area (Å²) in [6, 6.07) is 4.38. The fourth-order valence-electron chi connectivity index (χ4n) is 2.48. The first-order valence-corrected chi connectivity index (χ1v) is 6.79. The Hall–Kier alpha value is -1.35. The summed E-state index contributed by atoms with van der Waals surface area (Å²) in [5, 5.41) is 3.35. The van der Waals surface area contributed by atoms with Gasteiger partial charge in [0, 0.05) is 18.7 Å². The largest absolute Gasteiger partial charge is 0.342 e. The van der Waals surface area contributed by atoms with Crippen LogP contribution >= 0.6 is 0 Å². The van der Waals surface area contributed by atoms with Crippen LogP contribution in [0.1, 0.15) is 49.1 Å². The van der Waals surface area contributed by atoms with Crippen molar-refractivity contribution in [1.29, 1.82) is 0 Å². The second-order valence-electron chi connectivity index (χ2n) is 4.99. The standard InChI is InChI=1S/C15H22N2O/c1-3-12(2)11-15(18)14-5-4-10-17(14)13-6-8-16-9-7-13/h4-5,10,13,16H,2-3,6-9,11H2,1H3. The minimum Gasteiger partial charge on any atom is -0.342 e. The molecule has 0 atom stereocenters. The quantitative estimate of drug-likeness (QED) is 0.640. The van der Waals surface area contributed by atoms with Crippen molar-refractivity contribution in [3.8, 4) is 0 Å². The third-order valence-corrected chi connectivity index (χ3v) is 3.68. The van der Waals surface area contributed by atoms with Crippen LogP contribution in [0.25, 0.3) is 0 Å². The molecule has 2 rings (SSSR count). The summed E-state index contributed by atoms with van der Waals surface area (Å²) in [6.07, 6.45) is 5.59. The molecule has 1 aromatic rings. The first kappa shape index (κ1) is 13.1. The van der Waals surface area contributed by atoms with E-state index in [1.807, 2.05) is 25.3 Å². The Morgan fingerprint density at radius 1 is 1.50 bits per heavy atom. The summed E-state index contributed by atoms with van der Waals surface area (Å²) in [6.45, 7) is 8.05. The second kappa shape index (κ2) is 6.01. The molecule has 1 N–H and O–H groups in total. The summed E-state index contributed by atoms with van der Waals surface area (Å²) < 4.78 is 2.16. The van der Waals surface area contributed by atoms with Gasteiger partial charge in [0.25, 0.3) is 0 Å². The van der Waals surface area contributed by atoms with Gasteiger partial charge in [-0.3, -0.25) is 4.79 Å². The van der Waals surface area contributed by atoms with Gasteiger partial charge in [-0.1, -0.05) is 19.1 Å². The number of piperidine rings is 1. The zero-order chi connectivity index (χ0) is 13.0. The highest BCUT2D eigenvalue weighted by atomic mass is 16.1. The minimum absolute atomic E-state index is 0.199. The lowest BCUT2D eigenvalue weighted by molar-refractivity contribution is 0.0980. The number of nitrogens with zero attached hydrogens (tertiary/aromatic N) is 1. The van der Waals surface area contributed by atoms with E-state index < -0.39 is 0 Å². The molecule has 0 spiro atoms. The Bertz CT molecular complexity index is 427. The predicted molar refractivity (Wildman–Crippen MR) is 74.0 cm³/mol. The normalized spacial score (nSPS) is 16.7. The lowest BCUT2D eigenvalue weighted by Crippen LogP contribution is -2.30. The van der Waals surface area contributed by atoms with E-state index in [2.05, 4.69) is 16.5 Å². The van der Waals surface area contributed by atoms with E-state index in [4.69, 9.17) is 0 Å². The van der Waals surface area contributed by atoms with Crippen LogP contribution in [0.15, 0.2) is 30.5 Å². The van der Waals surface area contributed by atoms with Gasteiger partial charge in [0.2, 0.25) is 0 Å². The molecule has 1 aliphatic heterocycles. The van der Waals surface area contributed by atoms with Crippen molar-refractivity contribution < 1.29 is 4.79 Å². The molecular formula is C15H22N2O. The Morgan fingerprint density at radius 2 is 2.22 bits per heavy atom. The molecule has 0 unspecified atom stereocenters. The van der Waals surface area contributed by atoms with Crippen molar-refractivity contribution >= 4 is 5.78 Å². The van der Waals surface area contributed by atoms with Gasteiger partial charge in [-0.05, 0) is 44.5 Å². The summed E-state index contributed by atoms with van der Waals surface area (Å²) >= 11 is 0. The van der Waals surface area contributed by atoms with Crippen LogP contribution in [0.4, 0.5) is 0 Å². The minimum atomic E-state index is 0.199. The van der Waals surface area contributed by atoms with Crippen molar-refractivity contribution in [2.75, 3.05) is 13.1 Å². The average Bonchev–Trinajstić information content (AvgIpc) is 2.88. The number of hydrogen-bond donors (Lipinski definition) is 1. The van der Waals surface area contributed by atoms with Gasteiger partial charge in [-0.15, -0.1) is 0 Å². The van der Waals surface area contributed by atoms with Gasteiger partial charge in [0.1, 0.15) is 0 Å². The van der Waals surface area contributed by atoms with Crippen LogP contribution in [0.3, 0.4) is 0 Å². The van der Waals surface area contributed by atoms with Crippen LogP contribution in [0.2, 0.25) is 0 Å². The molecular weight excluding hydrogens is 224 g/mol. The van der Waals surface area contributed by atoms with Crippen LogP contribution in [0, 0.1) is 0 Å². The summed E-state index contributed by atoms with van der Waals surface area (Å²) in [5.41, 5.74) is 1.86. The summed E-state index contributed by atoms with van der Waals surface area (Å²) in [7, 11) is 0. The molecule has 98 valence electrons. The zero-order valence-corrected chi connectivity index (χ0v) is 11.1. The van der Waals surface area contributed by atoms with Crippen LogP contribution in [-0.2, 0) is 0 Å². The molecule has 0 saturated carbocycles. The van der Waals surface area contributed by atoms with E-state index in [1.165, 1.54) is 0 Å². The van der Waals surface area contributed by atoms with Crippen molar-refractivity contribution in [1.82, 2.24) is 9.88 Å². The van der Waals surface area contributed by atoms with E-state index in [1.54, 1.807) is 0 Å². The molecule has 1 saturated heterocycles. The molecule has 0 amide bonds. The first-order chi connectivity index (χ1) is 8.72. The fourth-order valence-corrected chi connectivity index (χ4v) is 2.48. The molecule has 18 heavy (non-hydrogen) atoms. The molecule has 1 aliphatic rings. The number of aromatic nitrogens is 1. The van der Waals surface area contributed by atoms with Crippen molar-refractivity contribution in [2.24, 2.45) is 0 Å². The molecule has 3 nitrogen and oxygen atoms in total. The Morgan fingerprint density at radius 3 is 2.89 bits per heavy atom. The maximum atomic E-state index is 12.2. The lowest BCUT2D eigenvalue weighted by atomic mass is 10.0. The fraction of sp³-hybridized carbons (Fsp3) is 0.533. The lowest BCUT2D eigenvalue weighted by Gasteiger charge is -2.26. The average molecular weight is 246 g/mol. The molecule has 0 bridgehead atoms. The molecule has 0 aliphatic carbocycles. The van der Waals surface area contributed by atoms with Crippen molar-refractivity contribution in [3.63, 3.8) is 0 Å². The highest BCUT2D eigenvalue weighted by Crippen LogP contribution is 2.22. The maximum absolute atomic E-state index is 12.2. The summed E-state index contributed by atoms with van der Waals surface area (Å²) in [5.74, 6) is 0.199. The number of rotatable bonds is 5. The third-order valence-electron chi connectivity index (χ3n) is 3.68. The Balaban J connectivity index is 2.11. The molecule has 0 radical (unpaired) electrons. The smallest absolute Gasteiger partial charge is 0.183 e. The summed E-state index contributed by atoms with van der Waals surface area (Å²) in [4.78, 5) is 12.2. The van der Waals surface area contributed by atoms with E-state index in [9.17, 15) is 4.79 Å². The zero-order valence-electron chi connectivity index (χ0n) is 11.1. The number of carbonyl (C=O) groups is 1. The van der Waals surface area contributed by atoms with Crippen molar-refractivity contribution in [2.45, 2.75) is 38.6 Å².